The van der Waals surface area contributed by atoms with E-state index in [9.17, 15) is 4.79 Å². The van der Waals surface area contributed by atoms with Gasteiger partial charge in [0.15, 0.2) is 0 Å². The van der Waals surface area contributed by atoms with Crippen molar-refractivity contribution in [1.82, 2.24) is 4.98 Å². The zero-order valence-electron chi connectivity index (χ0n) is 9.96. The smallest absolute Gasteiger partial charge is 0.354 e. The zero-order chi connectivity index (χ0) is 13.0. The van der Waals surface area contributed by atoms with Gasteiger partial charge in [-0.2, -0.15) is 0 Å². The van der Waals surface area contributed by atoms with Crippen LogP contribution >= 0.6 is 0 Å². The first-order valence-corrected chi connectivity index (χ1v) is 5.63. The molecule has 18 heavy (non-hydrogen) atoms. The van der Waals surface area contributed by atoms with Crippen LogP contribution in [0.4, 0.5) is 5.69 Å². The second kappa shape index (κ2) is 5.35. The summed E-state index contributed by atoms with van der Waals surface area (Å²) in [6, 6.07) is 7.15. The van der Waals surface area contributed by atoms with E-state index in [1.165, 1.54) is 12.3 Å². The maximum absolute atomic E-state index is 10.8. The van der Waals surface area contributed by atoms with E-state index in [0.717, 1.165) is 17.9 Å². The van der Waals surface area contributed by atoms with Gasteiger partial charge in [0.2, 0.25) is 0 Å². The molecule has 0 spiro atoms. The predicted octanol–water partition coefficient (Wildman–Crippen LogP) is 2.42. The van der Waals surface area contributed by atoms with E-state index in [1.54, 1.807) is 12.3 Å². The first-order valence-electron chi connectivity index (χ1n) is 5.63. The van der Waals surface area contributed by atoms with E-state index >= 15 is 0 Å². The molecule has 0 saturated heterocycles. The molecule has 5 heteroatoms. The van der Waals surface area contributed by atoms with Crippen LogP contribution in [0.15, 0.2) is 41.1 Å². The molecule has 0 saturated carbocycles. The summed E-state index contributed by atoms with van der Waals surface area (Å²) in [6.07, 6.45) is 3.85. The van der Waals surface area contributed by atoms with E-state index in [4.69, 9.17) is 9.52 Å². The van der Waals surface area contributed by atoms with Crippen LogP contribution in [0.3, 0.4) is 0 Å². The Hall–Kier alpha value is -2.30. The molecular formula is C13H14N2O3. The van der Waals surface area contributed by atoms with E-state index in [1.807, 2.05) is 19.1 Å². The van der Waals surface area contributed by atoms with Gasteiger partial charge >= 0.3 is 5.97 Å². The Morgan fingerprint density at radius 3 is 3.06 bits per heavy atom. The number of carbonyl (C=O) groups is 1. The largest absolute Gasteiger partial charge is 0.477 e. The van der Waals surface area contributed by atoms with Crippen molar-refractivity contribution in [1.29, 1.82) is 0 Å². The normalized spacial score (nSPS) is 12.1. The summed E-state index contributed by atoms with van der Waals surface area (Å²) in [7, 11) is 0. The van der Waals surface area contributed by atoms with E-state index in [0.29, 0.717) is 0 Å². The quantitative estimate of drug-likeness (QED) is 0.847. The Bertz CT molecular complexity index is 523. The fraction of sp³-hybridized carbons (Fsp3) is 0.231. The van der Waals surface area contributed by atoms with Gasteiger partial charge in [-0.3, -0.25) is 0 Å². The minimum atomic E-state index is -1.03. The molecule has 94 valence electrons. The maximum Gasteiger partial charge on any atom is 0.354 e. The van der Waals surface area contributed by atoms with Crippen LogP contribution in [-0.4, -0.2) is 22.1 Å². The SMILES string of the molecule is CC(Cc1ccco1)Nc1ccnc(C(=O)O)c1. The fourth-order valence-corrected chi connectivity index (χ4v) is 1.70. The van der Waals surface area contributed by atoms with Crippen LogP contribution in [-0.2, 0) is 6.42 Å². The standard InChI is InChI=1S/C13H14N2O3/c1-9(7-11-3-2-6-18-11)15-10-4-5-14-12(8-10)13(16)17/h2-6,8-9H,7H2,1H3,(H,14,15)(H,16,17). The average Bonchev–Trinajstić information content (AvgIpc) is 2.82. The summed E-state index contributed by atoms with van der Waals surface area (Å²) in [5, 5.41) is 12.1. The van der Waals surface area contributed by atoms with Gasteiger partial charge in [-0.1, -0.05) is 0 Å². The number of furan rings is 1. The van der Waals surface area contributed by atoms with Crippen LogP contribution in [0, 0.1) is 0 Å². The summed E-state index contributed by atoms with van der Waals surface area (Å²) in [6.45, 7) is 2.00. The number of aromatic nitrogens is 1. The van der Waals surface area contributed by atoms with Crippen molar-refractivity contribution in [2.24, 2.45) is 0 Å². The Labute approximate surface area is 104 Å². The minimum Gasteiger partial charge on any atom is -0.477 e. The van der Waals surface area contributed by atoms with Crippen LogP contribution in [0.2, 0.25) is 0 Å². The number of carboxylic acids is 1. The molecule has 2 aromatic heterocycles. The molecule has 0 fully saturated rings. The van der Waals surface area contributed by atoms with Gasteiger partial charge < -0.3 is 14.8 Å². The first-order chi connectivity index (χ1) is 8.65. The highest BCUT2D eigenvalue weighted by molar-refractivity contribution is 5.86. The molecule has 2 aromatic rings. The Morgan fingerprint density at radius 2 is 2.39 bits per heavy atom. The van der Waals surface area contributed by atoms with Crippen LogP contribution in [0.1, 0.15) is 23.2 Å². The molecule has 0 aromatic carbocycles. The summed E-state index contributed by atoms with van der Waals surface area (Å²) in [5.41, 5.74) is 0.770. The van der Waals surface area contributed by atoms with Gasteiger partial charge in [0.05, 0.1) is 6.26 Å². The van der Waals surface area contributed by atoms with Crippen molar-refractivity contribution in [2.75, 3.05) is 5.32 Å². The van der Waals surface area contributed by atoms with Gasteiger partial charge in [0, 0.05) is 24.3 Å². The topological polar surface area (TPSA) is 75.4 Å². The number of carboxylic acid groups (broad SMARTS) is 1. The van der Waals surface area contributed by atoms with Gasteiger partial charge in [-0.05, 0) is 31.2 Å². The third-order valence-electron chi connectivity index (χ3n) is 2.48. The number of nitrogens with zero attached hydrogens (tertiary/aromatic N) is 1. The van der Waals surface area contributed by atoms with E-state index in [2.05, 4.69) is 10.3 Å². The molecule has 0 radical (unpaired) electrons. The maximum atomic E-state index is 10.8. The minimum absolute atomic E-state index is 0.0326. The monoisotopic (exact) mass is 246 g/mol. The molecule has 1 unspecified atom stereocenters. The molecule has 5 nitrogen and oxygen atoms in total. The lowest BCUT2D eigenvalue weighted by Crippen LogP contribution is -2.18. The number of pyridine rings is 1. The number of hydrogen-bond donors (Lipinski definition) is 2. The first kappa shape index (κ1) is 12.2. The molecule has 0 aliphatic rings. The van der Waals surface area contributed by atoms with Crippen molar-refractivity contribution < 1.29 is 14.3 Å². The summed E-state index contributed by atoms with van der Waals surface area (Å²) in [4.78, 5) is 14.6. The molecule has 1 atom stereocenters. The highest BCUT2D eigenvalue weighted by atomic mass is 16.4. The second-order valence-corrected chi connectivity index (χ2v) is 4.06. The Balaban J connectivity index is 2.00. The summed E-state index contributed by atoms with van der Waals surface area (Å²) in [5.74, 6) is -0.139. The molecule has 2 N–H and O–H groups in total. The number of nitrogens with one attached hydrogen (secondary N) is 1. The van der Waals surface area contributed by atoms with Crippen LogP contribution in [0.5, 0.6) is 0 Å². The third kappa shape index (κ3) is 3.10. The van der Waals surface area contributed by atoms with Crippen molar-refractivity contribution in [3.8, 4) is 0 Å². The predicted molar refractivity (Wildman–Crippen MR) is 66.7 cm³/mol. The highest BCUT2D eigenvalue weighted by Crippen LogP contribution is 2.12. The number of rotatable bonds is 5. The Kier molecular flexibility index (Phi) is 3.62. The summed E-state index contributed by atoms with van der Waals surface area (Å²) < 4.78 is 5.26. The molecule has 0 amide bonds. The van der Waals surface area contributed by atoms with Gasteiger partial charge in [-0.25, -0.2) is 9.78 Å². The van der Waals surface area contributed by atoms with Crippen molar-refractivity contribution >= 4 is 11.7 Å². The fourth-order valence-electron chi connectivity index (χ4n) is 1.70. The molecule has 0 bridgehead atoms. The van der Waals surface area contributed by atoms with Crippen molar-refractivity contribution in [3.05, 3.63) is 48.2 Å². The highest BCUT2D eigenvalue weighted by Gasteiger charge is 2.08. The molecule has 2 rings (SSSR count). The van der Waals surface area contributed by atoms with Gasteiger partial charge in [0.1, 0.15) is 11.5 Å². The number of hydrogen-bond acceptors (Lipinski definition) is 4. The van der Waals surface area contributed by atoms with Crippen LogP contribution in [0.25, 0.3) is 0 Å². The number of anilines is 1. The number of aromatic carboxylic acids is 1. The molecular weight excluding hydrogens is 232 g/mol. The lowest BCUT2D eigenvalue weighted by atomic mass is 10.2. The summed E-state index contributed by atoms with van der Waals surface area (Å²) >= 11 is 0. The van der Waals surface area contributed by atoms with Crippen LogP contribution < -0.4 is 5.32 Å². The zero-order valence-corrected chi connectivity index (χ0v) is 9.96. The molecule has 0 aliphatic heterocycles. The van der Waals surface area contributed by atoms with Gasteiger partial charge in [0.25, 0.3) is 0 Å². The second-order valence-electron chi connectivity index (χ2n) is 4.06. The van der Waals surface area contributed by atoms with Crippen molar-refractivity contribution in [2.45, 2.75) is 19.4 Å². The molecule has 2 heterocycles. The Morgan fingerprint density at radius 1 is 1.56 bits per heavy atom. The average molecular weight is 246 g/mol. The third-order valence-corrected chi connectivity index (χ3v) is 2.48. The van der Waals surface area contributed by atoms with E-state index in [-0.39, 0.29) is 11.7 Å². The van der Waals surface area contributed by atoms with Crippen molar-refractivity contribution in [3.63, 3.8) is 0 Å². The van der Waals surface area contributed by atoms with Gasteiger partial charge in [-0.15, -0.1) is 0 Å². The lowest BCUT2D eigenvalue weighted by Gasteiger charge is -2.14. The lowest BCUT2D eigenvalue weighted by molar-refractivity contribution is 0.0690. The van der Waals surface area contributed by atoms with E-state index < -0.39 is 5.97 Å². The molecule has 0 aliphatic carbocycles.